The number of urea groups is 1. The molecule has 7 heteroatoms. The van der Waals surface area contributed by atoms with Crippen LogP contribution in [0, 0.1) is 13.8 Å². The molecular weight excluding hydrogens is 320 g/mol. The van der Waals surface area contributed by atoms with Gasteiger partial charge in [0.15, 0.2) is 6.61 Å². The molecule has 0 aliphatic heterocycles. The molecule has 0 aromatic heterocycles. The summed E-state index contributed by atoms with van der Waals surface area (Å²) in [7, 11) is 0. The highest BCUT2D eigenvalue weighted by atomic mass is 16.5. The normalized spacial score (nSPS) is 10.5. The van der Waals surface area contributed by atoms with Gasteiger partial charge in [0.2, 0.25) is 0 Å². The number of amides is 3. The van der Waals surface area contributed by atoms with Gasteiger partial charge in [0.05, 0.1) is 6.21 Å². The van der Waals surface area contributed by atoms with Crippen molar-refractivity contribution in [2.75, 3.05) is 11.9 Å². The van der Waals surface area contributed by atoms with Crippen LogP contribution in [0.4, 0.5) is 10.5 Å². The van der Waals surface area contributed by atoms with Crippen molar-refractivity contribution in [3.8, 4) is 5.75 Å². The Balaban J connectivity index is 1.84. The van der Waals surface area contributed by atoms with E-state index in [1.54, 1.807) is 24.3 Å². The molecule has 2 aromatic carbocycles. The van der Waals surface area contributed by atoms with Crippen LogP contribution in [-0.4, -0.2) is 24.8 Å². The monoisotopic (exact) mass is 340 g/mol. The van der Waals surface area contributed by atoms with Gasteiger partial charge in [0.25, 0.3) is 5.91 Å². The number of carbonyl (C=O) groups excluding carboxylic acids is 2. The van der Waals surface area contributed by atoms with Crippen LogP contribution in [0.3, 0.4) is 0 Å². The molecule has 0 aliphatic carbocycles. The summed E-state index contributed by atoms with van der Waals surface area (Å²) in [6, 6.07) is 11.9. The largest absolute Gasteiger partial charge is 0.484 e. The fourth-order valence-corrected chi connectivity index (χ4v) is 1.99. The zero-order chi connectivity index (χ0) is 18.2. The summed E-state index contributed by atoms with van der Waals surface area (Å²) in [4.78, 5) is 22.4. The van der Waals surface area contributed by atoms with E-state index in [0.29, 0.717) is 5.75 Å². The predicted octanol–water partition coefficient (Wildman–Crippen LogP) is 2.32. The smallest absolute Gasteiger partial charge is 0.332 e. The number of hydrazone groups is 1. The maximum Gasteiger partial charge on any atom is 0.332 e. The number of rotatable bonds is 6. The lowest BCUT2D eigenvalue weighted by Gasteiger charge is -2.09. The van der Waals surface area contributed by atoms with Crippen molar-refractivity contribution < 1.29 is 14.3 Å². The molecule has 0 bridgehead atoms. The van der Waals surface area contributed by atoms with E-state index in [4.69, 9.17) is 10.5 Å². The molecule has 2 aromatic rings. The van der Waals surface area contributed by atoms with Crippen molar-refractivity contribution in [2.45, 2.75) is 13.8 Å². The molecule has 130 valence electrons. The van der Waals surface area contributed by atoms with Gasteiger partial charge >= 0.3 is 6.03 Å². The Morgan fingerprint density at radius 2 is 1.84 bits per heavy atom. The summed E-state index contributed by atoms with van der Waals surface area (Å²) in [5.74, 6) is 0.315. The van der Waals surface area contributed by atoms with Crippen molar-refractivity contribution in [1.82, 2.24) is 5.43 Å². The third-order valence-electron chi connectivity index (χ3n) is 3.43. The number of anilines is 1. The quantitative estimate of drug-likeness (QED) is 0.555. The zero-order valence-electron chi connectivity index (χ0n) is 14.1. The molecule has 0 aliphatic rings. The molecule has 7 nitrogen and oxygen atoms in total. The molecule has 0 saturated heterocycles. The van der Waals surface area contributed by atoms with Crippen LogP contribution in [0.25, 0.3) is 0 Å². The fraction of sp³-hybridized carbons (Fsp3) is 0.167. The van der Waals surface area contributed by atoms with Crippen molar-refractivity contribution >= 4 is 23.8 Å². The number of ether oxygens (including phenoxy) is 1. The molecule has 4 N–H and O–H groups in total. The van der Waals surface area contributed by atoms with E-state index in [9.17, 15) is 9.59 Å². The van der Waals surface area contributed by atoms with Gasteiger partial charge in [-0.05, 0) is 66.9 Å². The molecule has 0 heterocycles. The van der Waals surface area contributed by atoms with Gasteiger partial charge in [0.1, 0.15) is 5.75 Å². The van der Waals surface area contributed by atoms with Gasteiger partial charge in [-0.15, -0.1) is 0 Å². The highest BCUT2D eigenvalue weighted by molar-refractivity contribution is 5.92. The lowest BCUT2D eigenvalue weighted by atomic mass is 10.1. The summed E-state index contributed by atoms with van der Waals surface area (Å²) in [5, 5.41) is 6.44. The Morgan fingerprint density at radius 3 is 2.48 bits per heavy atom. The van der Waals surface area contributed by atoms with Gasteiger partial charge in [-0.25, -0.2) is 10.2 Å². The van der Waals surface area contributed by atoms with E-state index in [1.165, 1.54) is 11.8 Å². The first kappa shape index (κ1) is 18.0. The van der Waals surface area contributed by atoms with Crippen LogP contribution in [0.5, 0.6) is 5.75 Å². The van der Waals surface area contributed by atoms with Crippen LogP contribution in [-0.2, 0) is 4.79 Å². The highest BCUT2D eigenvalue weighted by Crippen LogP contribution is 2.15. The maximum absolute atomic E-state index is 11.9. The maximum atomic E-state index is 11.9. The SMILES string of the molecule is Cc1ccc(NC(=O)COc2ccc(C=NNC(N)=O)cc2)cc1C. The third-order valence-corrected chi connectivity index (χ3v) is 3.43. The highest BCUT2D eigenvalue weighted by Gasteiger charge is 2.05. The second kappa shape index (κ2) is 8.49. The average Bonchev–Trinajstić information content (AvgIpc) is 2.57. The number of carbonyl (C=O) groups is 2. The summed E-state index contributed by atoms with van der Waals surface area (Å²) in [6.45, 7) is 3.91. The number of benzene rings is 2. The first-order chi connectivity index (χ1) is 11.9. The Morgan fingerprint density at radius 1 is 1.12 bits per heavy atom. The van der Waals surface area contributed by atoms with Crippen LogP contribution < -0.4 is 21.2 Å². The Bertz CT molecular complexity index is 785. The lowest BCUT2D eigenvalue weighted by molar-refractivity contribution is -0.118. The Kier molecular flexibility index (Phi) is 6.11. The molecule has 2 rings (SSSR count). The summed E-state index contributed by atoms with van der Waals surface area (Å²) < 4.78 is 5.45. The molecule has 0 spiro atoms. The number of aryl methyl sites for hydroxylation is 2. The van der Waals surface area contributed by atoms with E-state index in [-0.39, 0.29) is 12.5 Å². The number of hydrogen-bond donors (Lipinski definition) is 3. The molecule has 3 amide bonds. The average molecular weight is 340 g/mol. The minimum Gasteiger partial charge on any atom is -0.484 e. The van der Waals surface area contributed by atoms with Gasteiger partial charge in [0, 0.05) is 5.69 Å². The minimum absolute atomic E-state index is 0.0937. The van der Waals surface area contributed by atoms with Crippen molar-refractivity contribution in [1.29, 1.82) is 0 Å². The van der Waals surface area contributed by atoms with E-state index in [2.05, 4.69) is 15.8 Å². The van der Waals surface area contributed by atoms with E-state index in [1.807, 2.05) is 32.0 Å². The molecule has 0 atom stereocenters. The number of primary amides is 1. The van der Waals surface area contributed by atoms with Crippen molar-refractivity contribution in [3.63, 3.8) is 0 Å². The molecule has 25 heavy (non-hydrogen) atoms. The third kappa shape index (κ3) is 5.98. The van der Waals surface area contributed by atoms with Crippen LogP contribution in [0.1, 0.15) is 16.7 Å². The zero-order valence-corrected chi connectivity index (χ0v) is 14.1. The van der Waals surface area contributed by atoms with Gasteiger partial charge in [-0.1, -0.05) is 6.07 Å². The van der Waals surface area contributed by atoms with E-state index in [0.717, 1.165) is 16.8 Å². The van der Waals surface area contributed by atoms with Crippen LogP contribution >= 0.6 is 0 Å². The Hall–Kier alpha value is -3.35. The lowest BCUT2D eigenvalue weighted by Crippen LogP contribution is -2.24. The van der Waals surface area contributed by atoms with E-state index >= 15 is 0 Å². The first-order valence-electron chi connectivity index (χ1n) is 7.62. The topological polar surface area (TPSA) is 106 Å². The predicted molar refractivity (Wildman–Crippen MR) is 96.8 cm³/mol. The Labute approximate surface area is 145 Å². The number of hydrogen-bond acceptors (Lipinski definition) is 4. The van der Waals surface area contributed by atoms with Gasteiger partial charge in [-0.2, -0.15) is 5.10 Å². The van der Waals surface area contributed by atoms with Gasteiger partial charge in [-0.3, -0.25) is 4.79 Å². The standard InChI is InChI=1S/C18H20N4O3/c1-12-3-6-15(9-13(12)2)21-17(23)11-25-16-7-4-14(5-8-16)10-20-22-18(19)24/h3-10H,11H2,1-2H3,(H,21,23)(H3,19,22,24). The first-order valence-corrected chi connectivity index (χ1v) is 7.62. The van der Waals surface area contributed by atoms with Crippen molar-refractivity contribution in [2.24, 2.45) is 10.8 Å². The fourth-order valence-electron chi connectivity index (χ4n) is 1.99. The summed E-state index contributed by atoms with van der Waals surface area (Å²) in [6.07, 6.45) is 1.45. The van der Waals surface area contributed by atoms with Crippen LogP contribution in [0.2, 0.25) is 0 Å². The van der Waals surface area contributed by atoms with Crippen molar-refractivity contribution in [3.05, 3.63) is 59.2 Å². The number of nitrogens with two attached hydrogens (primary N) is 1. The van der Waals surface area contributed by atoms with Crippen LogP contribution in [0.15, 0.2) is 47.6 Å². The minimum atomic E-state index is -0.731. The molecule has 0 radical (unpaired) electrons. The second-order valence-corrected chi connectivity index (χ2v) is 5.44. The second-order valence-electron chi connectivity index (χ2n) is 5.44. The molecule has 0 fully saturated rings. The number of nitrogens with zero attached hydrogens (tertiary/aromatic N) is 1. The van der Waals surface area contributed by atoms with Gasteiger partial charge < -0.3 is 15.8 Å². The molecule has 0 unspecified atom stereocenters. The van der Waals surface area contributed by atoms with E-state index < -0.39 is 6.03 Å². The molecule has 0 saturated carbocycles. The number of nitrogens with one attached hydrogen (secondary N) is 2. The molecular formula is C18H20N4O3. The summed E-state index contributed by atoms with van der Waals surface area (Å²) in [5.41, 5.74) is 10.8. The summed E-state index contributed by atoms with van der Waals surface area (Å²) >= 11 is 0.